The second-order valence-electron chi connectivity index (χ2n) is 4.97. The van der Waals surface area contributed by atoms with Crippen LogP contribution in [0.15, 0.2) is 44.8 Å². The molecule has 0 unspecified atom stereocenters. The lowest BCUT2D eigenvalue weighted by atomic mass is 10.1. The molecule has 0 bridgehead atoms. The largest absolute Gasteiger partial charge is 0.545 e. The van der Waals surface area contributed by atoms with Gasteiger partial charge in [-0.05, 0) is 48.6 Å². The van der Waals surface area contributed by atoms with Gasteiger partial charge in [0.05, 0.1) is 5.97 Å². The topological polar surface area (TPSA) is 111 Å². The monoisotopic (exact) mass is 419 g/mol. The zero-order chi connectivity index (χ0) is 18.1. The lowest BCUT2D eigenvalue weighted by Crippen LogP contribution is -2.51. The summed E-state index contributed by atoms with van der Waals surface area (Å²) in [6, 6.07) is 7.66. The summed E-state index contributed by atoms with van der Waals surface area (Å²) in [6.07, 6.45) is 1.24. The molecule has 1 aromatic heterocycles. The Balaban J connectivity index is 1.98. The van der Waals surface area contributed by atoms with Crippen molar-refractivity contribution >= 4 is 57.1 Å². The molecule has 25 heavy (non-hydrogen) atoms. The molecular formula is C16H8BrN2O5S-. The van der Waals surface area contributed by atoms with Crippen molar-refractivity contribution in [1.29, 1.82) is 0 Å². The third-order valence-corrected chi connectivity index (χ3v) is 4.02. The van der Waals surface area contributed by atoms with Crippen molar-refractivity contribution in [3.8, 4) is 11.3 Å². The van der Waals surface area contributed by atoms with Crippen molar-refractivity contribution in [2.45, 2.75) is 0 Å². The van der Waals surface area contributed by atoms with E-state index in [1.165, 1.54) is 24.3 Å². The van der Waals surface area contributed by atoms with E-state index in [1.807, 2.05) is 0 Å². The van der Waals surface area contributed by atoms with E-state index < -0.39 is 17.8 Å². The summed E-state index contributed by atoms with van der Waals surface area (Å²) in [7, 11) is 0. The number of carbonyl (C=O) groups excluding carboxylic acids is 3. The summed E-state index contributed by atoms with van der Waals surface area (Å²) in [5.41, 5.74) is 0.0819. The first-order valence-electron chi connectivity index (χ1n) is 6.84. The number of hydrogen-bond donors (Lipinski definition) is 2. The second kappa shape index (κ2) is 6.61. The van der Waals surface area contributed by atoms with Crippen molar-refractivity contribution in [3.05, 3.63) is 51.7 Å². The molecule has 126 valence electrons. The van der Waals surface area contributed by atoms with Gasteiger partial charge in [0, 0.05) is 15.6 Å². The molecule has 0 saturated carbocycles. The number of furan rings is 1. The van der Waals surface area contributed by atoms with E-state index in [2.05, 4.69) is 26.6 Å². The first-order valence-corrected chi connectivity index (χ1v) is 8.05. The van der Waals surface area contributed by atoms with Gasteiger partial charge in [-0.2, -0.15) is 0 Å². The molecule has 3 rings (SSSR count). The van der Waals surface area contributed by atoms with Crippen LogP contribution in [0.4, 0.5) is 0 Å². The smallest absolute Gasteiger partial charge is 0.263 e. The van der Waals surface area contributed by atoms with Crippen molar-refractivity contribution in [2.24, 2.45) is 0 Å². The fourth-order valence-electron chi connectivity index (χ4n) is 2.22. The Hall–Kier alpha value is -2.78. The van der Waals surface area contributed by atoms with Gasteiger partial charge in [0.25, 0.3) is 11.8 Å². The van der Waals surface area contributed by atoms with Gasteiger partial charge in [-0.25, -0.2) is 0 Å². The minimum atomic E-state index is -1.35. The molecule has 1 aliphatic heterocycles. The van der Waals surface area contributed by atoms with Crippen LogP contribution in [-0.4, -0.2) is 22.9 Å². The highest BCUT2D eigenvalue weighted by molar-refractivity contribution is 9.10. The number of halogens is 1. The summed E-state index contributed by atoms with van der Waals surface area (Å²) < 4.78 is 6.13. The number of hydrogen-bond acceptors (Lipinski definition) is 6. The molecule has 1 saturated heterocycles. The average molecular weight is 420 g/mol. The number of aromatic carboxylic acids is 1. The number of carbonyl (C=O) groups is 3. The maximum atomic E-state index is 11.8. The number of rotatable bonds is 3. The Morgan fingerprint density at radius 2 is 1.84 bits per heavy atom. The summed E-state index contributed by atoms with van der Waals surface area (Å²) in [6.45, 7) is 0. The Kier molecular flexibility index (Phi) is 4.51. The first kappa shape index (κ1) is 17.1. The van der Waals surface area contributed by atoms with Crippen molar-refractivity contribution in [2.75, 3.05) is 0 Å². The van der Waals surface area contributed by atoms with Gasteiger partial charge in [-0.1, -0.05) is 15.9 Å². The minimum Gasteiger partial charge on any atom is -0.545 e. The van der Waals surface area contributed by atoms with E-state index in [1.54, 1.807) is 12.1 Å². The quantitative estimate of drug-likeness (QED) is 0.435. The summed E-state index contributed by atoms with van der Waals surface area (Å²) in [4.78, 5) is 34.9. The number of amides is 2. The zero-order valence-electron chi connectivity index (χ0n) is 12.3. The van der Waals surface area contributed by atoms with Crippen molar-refractivity contribution < 1.29 is 23.9 Å². The van der Waals surface area contributed by atoms with Crippen LogP contribution < -0.4 is 15.7 Å². The van der Waals surface area contributed by atoms with Crippen LogP contribution >= 0.6 is 28.1 Å². The van der Waals surface area contributed by atoms with Crippen LogP contribution in [-0.2, 0) is 9.59 Å². The third-order valence-electron chi connectivity index (χ3n) is 3.32. The molecule has 0 spiro atoms. The Morgan fingerprint density at radius 3 is 2.48 bits per heavy atom. The van der Waals surface area contributed by atoms with Gasteiger partial charge in [0.1, 0.15) is 17.1 Å². The maximum Gasteiger partial charge on any atom is 0.263 e. The van der Waals surface area contributed by atoms with Crippen molar-refractivity contribution in [1.82, 2.24) is 10.6 Å². The van der Waals surface area contributed by atoms with Gasteiger partial charge < -0.3 is 14.3 Å². The summed E-state index contributed by atoms with van der Waals surface area (Å²) >= 11 is 7.91. The zero-order valence-corrected chi connectivity index (χ0v) is 14.7. The molecule has 0 radical (unpaired) electrons. The standard InChI is InChI=1S/C16H9BrN2O5S/c17-7-1-3-9(10(5-7)15(22)23)12-4-2-8(24-12)6-11-13(20)18-16(25)19-14(11)21/h1-6H,(H,22,23)(H2,18,19,20,21,25)/p-1. The Labute approximate surface area is 154 Å². The highest BCUT2D eigenvalue weighted by Crippen LogP contribution is 2.29. The first-order chi connectivity index (χ1) is 11.8. The highest BCUT2D eigenvalue weighted by atomic mass is 79.9. The van der Waals surface area contributed by atoms with Gasteiger partial charge in [-0.3, -0.25) is 20.2 Å². The highest BCUT2D eigenvalue weighted by Gasteiger charge is 2.26. The van der Waals surface area contributed by atoms with Crippen LogP contribution in [0.2, 0.25) is 0 Å². The van der Waals surface area contributed by atoms with Gasteiger partial charge >= 0.3 is 0 Å². The molecule has 1 aliphatic rings. The number of nitrogens with one attached hydrogen (secondary N) is 2. The molecule has 0 aliphatic carbocycles. The number of carboxylic acid groups (broad SMARTS) is 1. The number of carboxylic acids is 1. The third kappa shape index (κ3) is 3.52. The molecule has 2 amide bonds. The van der Waals surface area contributed by atoms with E-state index in [0.717, 1.165) is 0 Å². The van der Waals surface area contributed by atoms with E-state index in [-0.39, 0.29) is 27.8 Å². The SMILES string of the molecule is O=C1NC(=S)NC(=O)C1=Cc1ccc(-c2ccc(Br)cc2C(=O)[O-])o1. The lowest BCUT2D eigenvalue weighted by molar-refractivity contribution is -0.255. The number of thiocarbonyl (C=S) groups is 1. The molecule has 1 aromatic carbocycles. The van der Waals surface area contributed by atoms with Gasteiger partial charge in [0.2, 0.25) is 0 Å². The summed E-state index contributed by atoms with van der Waals surface area (Å²) in [5.74, 6) is -2.19. The molecule has 2 N–H and O–H groups in total. The van der Waals surface area contributed by atoms with E-state index in [9.17, 15) is 19.5 Å². The van der Waals surface area contributed by atoms with E-state index in [0.29, 0.717) is 10.0 Å². The Morgan fingerprint density at radius 1 is 1.16 bits per heavy atom. The van der Waals surface area contributed by atoms with Gasteiger partial charge in [0.15, 0.2) is 5.11 Å². The molecule has 0 atom stereocenters. The fraction of sp³-hybridized carbons (Fsp3) is 0. The molecular weight excluding hydrogens is 412 g/mol. The van der Waals surface area contributed by atoms with E-state index >= 15 is 0 Å². The molecule has 1 fully saturated rings. The van der Waals surface area contributed by atoms with Crippen LogP contribution in [0.5, 0.6) is 0 Å². The fourth-order valence-corrected chi connectivity index (χ4v) is 2.77. The average Bonchev–Trinajstić information content (AvgIpc) is 2.99. The Bertz CT molecular complexity index is 941. The predicted octanol–water partition coefficient (Wildman–Crippen LogP) is 0.987. The van der Waals surface area contributed by atoms with Crippen LogP contribution in [0.1, 0.15) is 16.1 Å². The maximum absolute atomic E-state index is 11.8. The predicted molar refractivity (Wildman–Crippen MR) is 93.0 cm³/mol. The molecule has 9 heteroatoms. The second-order valence-corrected chi connectivity index (χ2v) is 6.30. The minimum absolute atomic E-state index is 0.0542. The normalized spacial score (nSPS) is 14.1. The van der Waals surface area contributed by atoms with Gasteiger partial charge in [-0.15, -0.1) is 0 Å². The number of benzene rings is 1. The molecule has 2 heterocycles. The molecule has 7 nitrogen and oxygen atoms in total. The van der Waals surface area contributed by atoms with Crippen molar-refractivity contribution in [3.63, 3.8) is 0 Å². The van der Waals surface area contributed by atoms with Crippen LogP contribution in [0, 0.1) is 0 Å². The van der Waals surface area contributed by atoms with E-state index in [4.69, 9.17) is 16.6 Å². The van der Waals surface area contributed by atoms with Crippen LogP contribution in [0.25, 0.3) is 17.4 Å². The summed E-state index contributed by atoms with van der Waals surface area (Å²) in [5, 5.41) is 15.8. The lowest BCUT2D eigenvalue weighted by Gasteiger charge is -2.15. The molecule has 2 aromatic rings. The van der Waals surface area contributed by atoms with Crippen LogP contribution in [0.3, 0.4) is 0 Å².